The Morgan fingerprint density at radius 2 is 0.633 bits per heavy atom. The van der Waals surface area contributed by atoms with E-state index < -0.39 is 5.41 Å². The fraction of sp³-hybridized carbons (Fsp3) is 0.105. The van der Waals surface area contributed by atoms with Crippen LogP contribution >= 0.6 is 0 Å². The number of fused-ring (bicyclic) bond motifs is 13. The van der Waals surface area contributed by atoms with Crippen LogP contribution in [-0.4, -0.2) is 11.3 Å². The lowest BCUT2D eigenvalue weighted by molar-refractivity contribution is 0.572. The third-order valence-electron chi connectivity index (χ3n) is 25.3. The van der Waals surface area contributed by atoms with Crippen LogP contribution < -0.4 is 26.2 Å². The van der Waals surface area contributed by atoms with Crippen LogP contribution in [0.1, 0.15) is 79.0 Å². The van der Waals surface area contributed by atoms with Crippen LogP contribution in [0.15, 0.2) is 379 Å². The molecule has 0 atom stereocenters. The largest absolute Gasteiger partial charge is 0.456 e. The third kappa shape index (κ3) is 11.8. The van der Waals surface area contributed by atoms with Gasteiger partial charge in [-0.2, -0.15) is 0 Å². The molecule has 0 unspecified atom stereocenters. The summed E-state index contributed by atoms with van der Waals surface area (Å²) < 4.78 is 17.6. The van der Waals surface area contributed by atoms with Crippen molar-refractivity contribution in [2.45, 2.75) is 78.6 Å². The van der Waals surface area contributed by atoms with Crippen LogP contribution in [0.25, 0.3) is 160 Å². The summed E-state index contributed by atoms with van der Waals surface area (Å²) in [7, 11) is 0. The van der Waals surface area contributed by atoms with E-state index in [1.54, 1.807) is 0 Å². The van der Waals surface area contributed by atoms with E-state index in [0.717, 1.165) is 167 Å². The number of hydrogen-bond donors (Lipinski definition) is 0. The van der Waals surface area contributed by atoms with Gasteiger partial charge in [-0.3, -0.25) is 0 Å². The van der Waals surface area contributed by atoms with Gasteiger partial charge in [-0.05, 0) is 207 Å². The van der Waals surface area contributed by atoms with Crippen molar-refractivity contribution in [1.82, 2.24) is 4.57 Å². The second kappa shape index (κ2) is 27.7. The molecule has 5 heterocycles. The first-order valence-corrected chi connectivity index (χ1v) is 42.1. The molecule has 0 N–H and O–H groups in total. The zero-order valence-corrected chi connectivity index (χ0v) is 69.0. The number of aromatic nitrogens is 1. The first-order valence-electron chi connectivity index (χ1n) is 42.1. The van der Waals surface area contributed by atoms with Crippen molar-refractivity contribution in [1.29, 1.82) is 0 Å². The first kappa shape index (κ1) is 72.3. The minimum atomic E-state index is -0.410. The van der Waals surface area contributed by atoms with Crippen molar-refractivity contribution in [3.05, 3.63) is 387 Å². The van der Waals surface area contributed by atoms with Crippen LogP contribution in [0.3, 0.4) is 0 Å². The Balaban J connectivity index is 0.923. The highest BCUT2D eigenvalue weighted by Crippen LogP contribution is 2.58. The molecule has 574 valence electrons. The second-order valence-corrected chi connectivity index (χ2v) is 35.9. The minimum absolute atomic E-state index is 0.352. The summed E-state index contributed by atoms with van der Waals surface area (Å²) in [6.45, 7) is 20.8. The molecule has 2 aliphatic heterocycles. The SMILES string of the molecule is CC(C)(C)c1cc2c3c(c1)N(c1c(-c4cccc(-c5ccccc5)c4)cc(C(C)(C)C)c4oc5ccccc5c14)c1cc(-n4c5ccc(-c6ccccc6)cc5c5cc(-c6ccccc6)ccc54)ccc1B3c1cc(-c3ccccc3-c3ccccc3)ccc1N2c1c(-c2cccc(-c3ccccc3)c2)cc(C(C)(C)C)c2oc3ccccc3c12. The van der Waals surface area contributed by atoms with Gasteiger partial charge in [0.1, 0.15) is 22.3 Å². The van der Waals surface area contributed by atoms with Crippen molar-refractivity contribution < 1.29 is 8.83 Å². The fourth-order valence-corrected chi connectivity index (χ4v) is 19.5. The molecular weight excluding hydrogens is 1450 g/mol. The highest BCUT2D eigenvalue weighted by atomic mass is 16.3. The van der Waals surface area contributed by atoms with Crippen molar-refractivity contribution in [3.63, 3.8) is 0 Å². The van der Waals surface area contributed by atoms with E-state index in [2.05, 4.69) is 447 Å². The van der Waals surface area contributed by atoms with E-state index in [4.69, 9.17) is 8.83 Å². The van der Waals surface area contributed by atoms with Gasteiger partial charge >= 0.3 is 0 Å². The highest BCUT2D eigenvalue weighted by molar-refractivity contribution is 7.00. The lowest BCUT2D eigenvalue weighted by Gasteiger charge is -2.46. The Bertz CT molecular complexity index is 7420. The maximum Gasteiger partial charge on any atom is 0.252 e. The summed E-state index contributed by atoms with van der Waals surface area (Å²) in [4.78, 5) is 5.43. The molecule has 2 aliphatic rings. The van der Waals surface area contributed by atoms with Crippen molar-refractivity contribution in [2.75, 3.05) is 9.80 Å². The van der Waals surface area contributed by atoms with Crippen molar-refractivity contribution >= 4 is 123 Å². The number of benzene rings is 17. The van der Waals surface area contributed by atoms with E-state index >= 15 is 0 Å². The quantitative estimate of drug-likeness (QED) is 0.121. The molecule has 0 saturated heterocycles. The van der Waals surface area contributed by atoms with Crippen LogP contribution in [0.5, 0.6) is 0 Å². The highest BCUT2D eigenvalue weighted by Gasteiger charge is 2.47. The zero-order chi connectivity index (χ0) is 81.0. The monoisotopic (exact) mass is 1540 g/mol. The summed E-state index contributed by atoms with van der Waals surface area (Å²) in [6, 6.07) is 139. The predicted octanol–water partition coefficient (Wildman–Crippen LogP) is 29.9. The Labute approximate surface area is 701 Å². The predicted molar refractivity (Wildman–Crippen MR) is 509 cm³/mol. The molecular formula is C114H88BN3O2. The molecule has 3 aromatic heterocycles. The van der Waals surface area contributed by atoms with Gasteiger partial charge in [0.05, 0.1) is 33.2 Å². The molecule has 6 heteroatoms. The number of anilines is 6. The van der Waals surface area contributed by atoms with E-state index in [9.17, 15) is 0 Å². The van der Waals surface area contributed by atoms with Crippen LogP contribution in [-0.2, 0) is 16.2 Å². The molecule has 5 nitrogen and oxygen atoms in total. The van der Waals surface area contributed by atoms with Gasteiger partial charge in [0.15, 0.2) is 0 Å². The van der Waals surface area contributed by atoms with Gasteiger partial charge in [0.25, 0.3) is 6.71 Å². The maximum atomic E-state index is 7.58. The summed E-state index contributed by atoms with van der Waals surface area (Å²) in [6.07, 6.45) is 0. The Hall–Kier alpha value is -14.2. The molecule has 0 spiro atoms. The van der Waals surface area contributed by atoms with Crippen molar-refractivity contribution in [3.8, 4) is 94.7 Å². The van der Waals surface area contributed by atoms with E-state index in [-0.39, 0.29) is 17.5 Å². The molecule has 22 rings (SSSR count). The Morgan fingerprint density at radius 3 is 1.09 bits per heavy atom. The lowest BCUT2D eigenvalue weighted by Crippen LogP contribution is -2.61. The van der Waals surface area contributed by atoms with E-state index in [0.29, 0.717) is 0 Å². The van der Waals surface area contributed by atoms with Gasteiger partial charge in [-0.1, -0.05) is 341 Å². The topological polar surface area (TPSA) is 37.7 Å². The summed E-state index contributed by atoms with van der Waals surface area (Å²) in [5.74, 6) is 0. The van der Waals surface area contributed by atoms with Gasteiger partial charge in [0, 0.05) is 72.2 Å². The van der Waals surface area contributed by atoms with Gasteiger partial charge < -0.3 is 23.2 Å². The molecule has 0 aliphatic carbocycles. The summed E-state index contributed by atoms with van der Waals surface area (Å²) >= 11 is 0. The van der Waals surface area contributed by atoms with Crippen LogP contribution in [0.4, 0.5) is 34.1 Å². The van der Waals surface area contributed by atoms with Gasteiger partial charge in [-0.15, -0.1) is 0 Å². The fourth-order valence-electron chi connectivity index (χ4n) is 19.5. The standard InChI is InChI=1S/C114H88BN3O2/c1-112(2,3)83-66-101-107-102(67-83)118(109-90(81-46-32-44-77(62-81)72-35-17-11-18-36-72)70-94(114(7,8)9)111-106(109)88-50-28-30-52-104(88)120-111)100-68-84(116-97-58-53-78(73-37-19-12-20-38-73)63-91(97)92-64-79(54-59-98(92)116)74-39-21-13-22-40-74)56-57-95(100)115(107)96-65-82(86-48-26-25-47-85(86)75-41-23-14-24-42-75)55-60-99(96)117(101)108-89(80-45-31-43-76(61-80)71-33-15-10-16-34-71)69-93(113(4,5)6)110-105(108)87-49-27-29-51-103(87)119-110/h10-70H,1-9H3. The minimum Gasteiger partial charge on any atom is -0.456 e. The molecule has 0 amide bonds. The maximum absolute atomic E-state index is 7.58. The summed E-state index contributed by atoms with van der Waals surface area (Å²) in [5, 5.41) is 6.58. The average Bonchev–Trinajstić information content (AvgIpc) is 1.02. The Morgan fingerprint density at radius 1 is 0.250 bits per heavy atom. The van der Waals surface area contributed by atoms with Gasteiger partial charge in [0.2, 0.25) is 0 Å². The van der Waals surface area contributed by atoms with Gasteiger partial charge in [-0.25, -0.2) is 0 Å². The molecule has 0 radical (unpaired) electrons. The van der Waals surface area contributed by atoms with Crippen LogP contribution in [0.2, 0.25) is 0 Å². The number of nitrogens with zero attached hydrogens (tertiary/aromatic N) is 3. The van der Waals surface area contributed by atoms with Crippen LogP contribution in [0, 0.1) is 0 Å². The molecule has 0 saturated carbocycles. The number of rotatable bonds is 11. The first-order chi connectivity index (χ1) is 58.4. The zero-order valence-electron chi connectivity index (χ0n) is 69.0. The Kier molecular flexibility index (Phi) is 16.7. The number of furan rings is 2. The van der Waals surface area contributed by atoms with Crippen molar-refractivity contribution in [2.24, 2.45) is 0 Å². The number of para-hydroxylation sites is 2. The molecule has 0 bridgehead atoms. The number of hydrogen-bond acceptors (Lipinski definition) is 4. The smallest absolute Gasteiger partial charge is 0.252 e. The molecule has 17 aromatic carbocycles. The molecule has 120 heavy (non-hydrogen) atoms. The lowest BCUT2D eigenvalue weighted by atomic mass is 9.33. The van der Waals surface area contributed by atoms with E-state index in [1.165, 1.54) is 60.5 Å². The normalized spacial score (nSPS) is 12.8. The average molecular weight is 1540 g/mol. The third-order valence-corrected chi connectivity index (χ3v) is 25.3. The molecule has 0 fully saturated rings. The second-order valence-electron chi connectivity index (χ2n) is 35.9. The molecule has 20 aromatic rings. The van der Waals surface area contributed by atoms with E-state index in [1.807, 2.05) is 0 Å². The summed E-state index contributed by atoms with van der Waals surface area (Å²) in [5.41, 5.74) is 37.3.